The molecule has 2 nitrogen and oxygen atoms in total. The number of hydrogen-bond acceptors (Lipinski definition) is 2. The minimum absolute atomic E-state index is 0.690. The summed E-state index contributed by atoms with van der Waals surface area (Å²) in [5.41, 5.74) is 1.63. The van der Waals surface area contributed by atoms with Crippen LogP contribution in [0.15, 0.2) is 22.7 Å². The Morgan fingerprint density at radius 3 is 2.78 bits per heavy atom. The number of unbranched alkanes of at least 4 members (excludes halogenated alkanes) is 1. The SMILES string of the molecule is CCCCC(CC)CNc1cccc(Br)c1C#N. The van der Waals surface area contributed by atoms with Crippen LogP contribution in [0.4, 0.5) is 5.69 Å². The molecule has 18 heavy (non-hydrogen) atoms. The average molecular weight is 309 g/mol. The molecule has 1 aromatic rings. The second kappa shape index (κ2) is 8.16. The van der Waals surface area contributed by atoms with Gasteiger partial charge in [0.2, 0.25) is 0 Å². The van der Waals surface area contributed by atoms with Crippen LogP contribution in [-0.2, 0) is 0 Å². The summed E-state index contributed by atoms with van der Waals surface area (Å²) in [6.45, 7) is 5.40. The highest BCUT2D eigenvalue weighted by molar-refractivity contribution is 9.10. The molecule has 0 spiro atoms. The molecular formula is C15H21BrN2. The molecular weight excluding hydrogens is 288 g/mol. The number of nitrogens with zero attached hydrogens (tertiary/aromatic N) is 1. The lowest BCUT2D eigenvalue weighted by Gasteiger charge is -2.17. The molecule has 0 aromatic heterocycles. The van der Waals surface area contributed by atoms with Crippen molar-refractivity contribution in [3.63, 3.8) is 0 Å². The van der Waals surface area contributed by atoms with Crippen LogP contribution in [0.1, 0.15) is 45.1 Å². The molecule has 0 radical (unpaired) electrons. The topological polar surface area (TPSA) is 35.8 Å². The predicted octanol–water partition coefficient (Wildman–Crippen LogP) is 4.95. The van der Waals surface area contributed by atoms with Crippen LogP contribution >= 0.6 is 15.9 Å². The quantitative estimate of drug-likeness (QED) is 0.773. The van der Waals surface area contributed by atoms with Crippen LogP contribution in [0, 0.1) is 17.2 Å². The standard InChI is InChI=1S/C15H21BrN2/c1-3-5-7-12(4-2)11-18-15-9-6-8-14(16)13(15)10-17/h6,8-9,12,18H,3-5,7,11H2,1-2H3. The van der Waals surface area contributed by atoms with E-state index < -0.39 is 0 Å². The Morgan fingerprint density at radius 1 is 1.39 bits per heavy atom. The fraction of sp³-hybridized carbons (Fsp3) is 0.533. The van der Waals surface area contributed by atoms with Crippen LogP contribution in [0.2, 0.25) is 0 Å². The first-order valence-corrected chi connectivity index (χ1v) is 7.44. The van der Waals surface area contributed by atoms with Crippen molar-refractivity contribution in [2.45, 2.75) is 39.5 Å². The van der Waals surface area contributed by atoms with Crippen molar-refractivity contribution in [1.29, 1.82) is 5.26 Å². The van der Waals surface area contributed by atoms with Crippen LogP contribution in [-0.4, -0.2) is 6.54 Å². The first-order chi connectivity index (χ1) is 8.72. The van der Waals surface area contributed by atoms with Crippen LogP contribution in [0.25, 0.3) is 0 Å². The summed E-state index contributed by atoms with van der Waals surface area (Å²) in [7, 11) is 0. The van der Waals surface area contributed by atoms with E-state index in [0.29, 0.717) is 11.5 Å². The van der Waals surface area contributed by atoms with E-state index in [4.69, 9.17) is 5.26 Å². The van der Waals surface area contributed by atoms with Gasteiger partial charge in [-0.3, -0.25) is 0 Å². The summed E-state index contributed by atoms with van der Waals surface area (Å²) in [5, 5.41) is 12.6. The maximum Gasteiger partial charge on any atom is 0.103 e. The number of halogens is 1. The van der Waals surface area contributed by atoms with Crippen molar-refractivity contribution in [3.05, 3.63) is 28.2 Å². The minimum Gasteiger partial charge on any atom is -0.384 e. The zero-order valence-electron chi connectivity index (χ0n) is 11.2. The third-order valence-electron chi connectivity index (χ3n) is 3.25. The lowest BCUT2D eigenvalue weighted by Crippen LogP contribution is -2.14. The van der Waals surface area contributed by atoms with E-state index in [2.05, 4.69) is 41.2 Å². The summed E-state index contributed by atoms with van der Waals surface area (Å²) in [4.78, 5) is 0. The molecule has 0 aliphatic rings. The molecule has 1 rings (SSSR count). The molecule has 1 aromatic carbocycles. The van der Waals surface area contributed by atoms with Crippen molar-refractivity contribution in [2.24, 2.45) is 5.92 Å². The third-order valence-corrected chi connectivity index (χ3v) is 3.91. The van der Waals surface area contributed by atoms with Crippen molar-refractivity contribution in [3.8, 4) is 6.07 Å². The second-order valence-electron chi connectivity index (χ2n) is 4.57. The molecule has 0 saturated heterocycles. The summed E-state index contributed by atoms with van der Waals surface area (Å²) in [5.74, 6) is 0.690. The highest BCUT2D eigenvalue weighted by Gasteiger charge is 2.09. The normalized spacial score (nSPS) is 11.9. The van der Waals surface area contributed by atoms with Gasteiger partial charge in [-0.2, -0.15) is 5.26 Å². The number of nitriles is 1. The van der Waals surface area contributed by atoms with Crippen molar-refractivity contribution < 1.29 is 0 Å². The third kappa shape index (κ3) is 4.34. The number of benzene rings is 1. The smallest absolute Gasteiger partial charge is 0.103 e. The Hall–Kier alpha value is -1.01. The maximum absolute atomic E-state index is 9.14. The predicted molar refractivity (Wildman–Crippen MR) is 80.7 cm³/mol. The summed E-state index contributed by atoms with van der Waals surface area (Å²) in [6.07, 6.45) is 4.97. The van der Waals surface area contributed by atoms with Crippen LogP contribution in [0.3, 0.4) is 0 Å². The molecule has 1 atom stereocenters. The largest absolute Gasteiger partial charge is 0.384 e. The number of rotatable bonds is 7. The Balaban J connectivity index is 2.62. The number of hydrogen-bond donors (Lipinski definition) is 1. The first kappa shape index (κ1) is 15.0. The van der Waals surface area contributed by atoms with E-state index in [1.54, 1.807) is 0 Å². The first-order valence-electron chi connectivity index (χ1n) is 6.65. The van der Waals surface area contributed by atoms with Crippen LogP contribution in [0.5, 0.6) is 0 Å². The zero-order valence-corrected chi connectivity index (χ0v) is 12.8. The highest BCUT2D eigenvalue weighted by Crippen LogP contribution is 2.24. The summed E-state index contributed by atoms with van der Waals surface area (Å²) < 4.78 is 0.858. The van der Waals surface area contributed by atoms with Gasteiger partial charge in [-0.05, 0) is 40.4 Å². The molecule has 0 bridgehead atoms. The molecule has 98 valence electrons. The monoisotopic (exact) mass is 308 g/mol. The average Bonchev–Trinajstić information content (AvgIpc) is 2.39. The molecule has 1 N–H and O–H groups in total. The van der Waals surface area contributed by atoms with E-state index in [1.165, 1.54) is 25.7 Å². The van der Waals surface area contributed by atoms with Gasteiger partial charge in [0.1, 0.15) is 6.07 Å². The molecule has 0 aliphatic carbocycles. The zero-order chi connectivity index (χ0) is 13.4. The van der Waals surface area contributed by atoms with Gasteiger partial charge >= 0.3 is 0 Å². The van der Waals surface area contributed by atoms with E-state index in [-0.39, 0.29) is 0 Å². The highest BCUT2D eigenvalue weighted by atomic mass is 79.9. The Kier molecular flexibility index (Phi) is 6.82. The van der Waals surface area contributed by atoms with E-state index in [0.717, 1.165) is 16.7 Å². The van der Waals surface area contributed by atoms with Gasteiger partial charge in [0.05, 0.1) is 11.3 Å². The van der Waals surface area contributed by atoms with Gasteiger partial charge in [0.25, 0.3) is 0 Å². The molecule has 1 unspecified atom stereocenters. The van der Waals surface area contributed by atoms with Crippen LogP contribution < -0.4 is 5.32 Å². The van der Waals surface area contributed by atoms with Gasteiger partial charge in [-0.15, -0.1) is 0 Å². The molecule has 0 aliphatic heterocycles. The molecule has 0 amide bonds. The van der Waals surface area contributed by atoms with Crippen molar-refractivity contribution in [2.75, 3.05) is 11.9 Å². The molecule has 0 saturated carbocycles. The lowest BCUT2D eigenvalue weighted by molar-refractivity contribution is 0.473. The van der Waals surface area contributed by atoms with Crippen molar-refractivity contribution >= 4 is 21.6 Å². The van der Waals surface area contributed by atoms with Crippen molar-refractivity contribution in [1.82, 2.24) is 0 Å². The minimum atomic E-state index is 0.690. The van der Waals surface area contributed by atoms with E-state index in [9.17, 15) is 0 Å². The maximum atomic E-state index is 9.14. The molecule has 3 heteroatoms. The van der Waals surface area contributed by atoms with E-state index >= 15 is 0 Å². The Labute approximate surface area is 119 Å². The number of nitrogens with one attached hydrogen (secondary N) is 1. The fourth-order valence-electron chi connectivity index (χ4n) is 1.98. The van der Waals surface area contributed by atoms with Gasteiger partial charge in [0.15, 0.2) is 0 Å². The Bertz CT molecular complexity index is 409. The molecule has 0 heterocycles. The Morgan fingerprint density at radius 2 is 2.17 bits per heavy atom. The summed E-state index contributed by atoms with van der Waals surface area (Å²) in [6, 6.07) is 8.07. The van der Waals surface area contributed by atoms with Gasteiger partial charge in [0, 0.05) is 11.0 Å². The fourth-order valence-corrected chi connectivity index (χ4v) is 2.44. The lowest BCUT2D eigenvalue weighted by atomic mass is 9.99. The summed E-state index contributed by atoms with van der Waals surface area (Å²) >= 11 is 3.41. The second-order valence-corrected chi connectivity index (χ2v) is 5.43. The van der Waals surface area contributed by atoms with Gasteiger partial charge < -0.3 is 5.32 Å². The van der Waals surface area contributed by atoms with Gasteiger partial charge in [-0.1, -0.05) is 39.2 Å². The van der Waals surface area contributed by atoms with E-state index in [1.807, 2.05) is 18.2 Å². The van der Waals surface area contributed by atoms with Gasteiger partial charge in [-0.25, -0.2) is 0 Å². The molecule has 0 fully saturated rings. The number of anilines is 1.